The van der Waals surface area contributed by atoms with E-state index in [0.717, 1.165) is 40.1 Å². The zero-order chi connectivity index (χ0) is 22.1. The zero-order valence-corrected chi connectivity index (χ0v) is 18.5. The quantitative estimate of drug-likeness (QED) is 0.528. The molecule has 4 nitrogen and oxygen atoms in total. The van der Waals surface area contributed by atoms with Crippen LogP contribution >= 0.6 is 0 Å². The van der Waals surface area contributed by atoms with E-state index in [2.05, 4.69) is 37.9 Å². The van der Waals surface area contributed by atoms with Gasteiger partial charge in [0.2, 0.25) is 0 Å². The van der Waals surface area contributed by atoms with Gasteiger partial charge in [-0.15, -0.1) is 0 Å². The van der Waals surface area contributed by atoms with Gasteiger partial charge in [-0.05, 0) is 80.1 Å². The summed E-state index contributed by atoms with van der Waals surface area (Å²) >= 11 is 0. The number of aryl methyl sites for hydroxylation is 2. The highest BCUT2D eigenvalue weighted by Crippen LogP contribution is 2.31. The Morgan fingerprint density at radius 1 is 1.13 bits per heavy atom. The van der Waals surface area contributed by atoms with Crippen LogP contribution in [0, 0.1) is 25.6 Å². The maximum absolute atomic E-state index is 13.4. The number of halogens is 1. The van der Waals surface area contributed by atoms with Crippen LogP contribution in [-0.4, -0.2) is 26.4 Å². The molecule has 2 aromatic carbocycles. The van der Waals surface area contributed by atoms with Crippen molar-refractivity contribution in [3.8, 4) is 5.69 Å². The number of aromatic nitrogens is 2. The Morgan fingerprint density at radius 3 is 2.52 bits per heavy atom. The van der Waals surface area contributed by atoms with Gasteiger partial charge in [0, 0.05) is 30.0 Å². The molecule has 3 aromatic rings. The largest absolute Gasteiger partial charge is 0.332 e. The number of nitrogens with zero attached hydrogens (tertiary/aromatic N) is 3. The number of imidazole rings is 1. The Kier molecular flexibility index (Phi) is 5.77. The summed E-state index contributed by atoms with van der Waals surface area (Å²) < 4.78 is 15.3. The van der Waals surface area contributed by atoms with Gasteiger partial charge in [-0.3, -0.25) is 4.79 Å². The summed E-state index contributed by atoms with van der Waals surface area (Å²) in [7, 11) is 0. The lowest BCUT2D eigenvalue weighted by molar-refractivity contribution is -0.132. The van der Waals surface area contributed by atoms with Crippen molar-refractivity contribution in [3.05, 3.63) is 88.8 Å². The fourth-order valence-corrected chi connectivity index (χ4v) is 4.35. The standard InChI is InChI=1S/C26H28FN3O/c1-17-11-20(4)30(15-21-5-8-23(27)9-6-21)26(31)24(17)13-22-7-10-25(18(2)12-22)29-14-19(3)28-16-29/h5-10,12-14,16-17,20H,11,15H2,1-4H3/b24-13+/t17-,20+/m0/s1. The van der Waals surface area contributed by atoms with E-state index < -0.39 is 0 Å². The van der Waals surface area contributed by atoms with E-state index in [1.54, 1.807) is 12.1 Å². The number of hydrogen-bond acceptors (Lipinski definition) is 2. The molecule has 4 rings (SSSR count). The first-order valence-electron chi connectivity index (χ1n) is 10.7. The van der Waals surface area contributed by atoms with E-state index in [1.807, 2.05) is 41.1 Å². The molecule has 2 atom stereocenters. The number of amides is 1. The van der Waals surface area contributed by atoms with Crippen molar-refractivity contribution >= 4 is 12.0 Å². The SMILES string of the molecule is Cc1cn(-c2ccc(/C=C3/C(=O)N(Cc4ccc(F)cc4)[C@H](C)C[C@@H]3C)cc2C)cn1. The van der Waals surface area contributed by atoms with Crippen LogP contribution in [0.2, 0.25) is 0 Å². The molecule has 0 aliphatic carbocycles. The Balaban J connectivity index is 1.60. The molecule has 0 spiro atoms. The predicted octanol–water partition coefficient (Wildman–Crippen LogP) is 5.47. The van der Waals surface area contributed by atoms with Crippen molar-refractivity contribution in [2.75, 3.05) is 0 Å². The molecule has 1 amide bonds. The average molecular weight is 418 g/mol. The second-order valence-corrected chi connectivity index (χ2v) is 8.61. The highest BCUT2D eigenvalue weighted by molar-refractivity contribution is 5.99. The second-order valence-electron chi connectivity index (χ2n) is 8.61. The van der Waals surface area contributed by atoms with Crippen LogP contribution in [0.15, 0.2) is 60.6 Å². The van der Waals surface area contributed by atoms with Gasteiger partial charge in [-0.1, -0.05) is 25.1 Å². The van der Waals surface area contributed by atoms with Gasteiger partial charge >= 0.3 is 0 Å². The molecular weight excluding hydrogens is 389 g/mol. The molecule has 160 valence electrons. The number of carbonyl (C=O) groups excluding carboxylic acids is 1. The topological polar surface area (TPSA) is 38.1 Å². The van der Waals surface area contributed by atoms with E-state index in [1.165, 1.54) is 12.1 Å². The fourth-order valence-electron chi connectivity index (χ4n) is 4.35. The monoisotopic (exact) mass is 417 g/mol. The molecule has 2 heterocycles. The van der Waals surface area contributed by atoms with Crippen LogP contribution in [0.1, 0.15) is 42.7 Å². The van der Waals surface area contributed by atoms with E-state index in [0.29, 0.717) is 6.54 Å². The summed E-state index contributed by atoms with van der Waals surface area (Å²) in [5.74, 6) is -0.0218. The van der Waals surface area contributed by atoms with Crippen molar-refractivity contribution in [1.82, 2.24) is 14.5 Å². The number of hydrogen-bond donors (Lipinski definition) is 0. The fraction of sp³-hybridized carbons (Fsp3) is 0.308. The van der Waals surface area contributed by atoms with Crippen molar-refractivity contribution in [3.63, 3.8) is 0 Å². The van der Waals surface area contributed by atoms with E-state index >= 15 is 0 Å². The highest BCUT2D eigenvalue weighted by atomic mass is 19.1. The van der Waals surface area contributed by atoms with E-state index in [4.69, 9.17) is 0 Å². The maximum Gasteiger partial charge on any atom is 0.250 e. The Bertz CT molecular complexity index is 1130. The molecule has 0 saturated carbocycles. The van der Waals surface area contributed by atoms with Gasteiger partial charge < -0.3 is 9.47 Å². The van der Waals surface area contributed by atoms with Gasteiger partial charge in [-0.2, -0.15) is 0 Å². The van der Waals surface area contributed by atoms with Crippen molar-refractivity contribution in [1.29, 1.82) is 0 Å². The first kappa shape index (κ1) is 21.0. The van der Waals surface area contributed by atoms with Gasteiger partial charge in [0.25, 0.3) is 5.91 Å². The predicted molar refractivity (Wildman–Crippen MR) is 121 cm³/mol. The van der Waals surface area contributed by atoms with Gasteiger partial charge in [-0.25, -0.2) is 9.37 Å². The third kappa shape index (κ3) is 4.46. The van der Waals surface area contributed by atoms with Crippen LogP contribution in [0.4, 0.5) is 4.39 Å². The zero-order valence-electron chi connectivity index (χ0n) is 18.5. The van der Waals surface area contributed by atoms with Crippen molar-refractivity contribution in [2.24, 2.45) is 5.92 Å². The number of rotatable bonds is 4. The molecule has 0 N–H and O–H groups in total. The first-order valence-corrected chi connectivity index (χ1v) is 10.7. The normalized spacial score (nSPS) is 20.5. The summed E-state index contributed by atoms with van der Waals surface area (Å²) in [5.41, 5.74) is 5.96. The van der Waals surface area contributed by atoms with E-state index in [9.17, 15) is 9.18 Å². The van der Waals surface area contributed by atoms with Crippen molar-refractivity contribution < 1.29 is 9.18 Å². The van der Waals surface area contributed by atoms with Crippen LogP contribution in [0.3, 0.4) is 0 Å². The maximum atomic E-state index is 13.4. The molecule has 0 radical (unpaired) electrons. The molecule has 1 aliphatic rings. The highest BCUT2D eigenvalue weighted by Gasteiger charge is 2.33. The molecule has 1 aromatic heterocycles. The van der Waals surface area contributed by atoms with Gasteiger partial charge in [0.15, 0.2) is 0 Å². The summed E-state index contributed by atoms with van der Waals surface area (Å²) in [6.45, 7) is 8.73. The smallest absolute Gasteiger partial charge is 0.250 e. The average Bonchev–Trinajstić information content (AvgIpc) is 3.16. The molecule has 1 saturated heterocycles. The summed E-state index contributed by atoms with van der Waals surface area (Å²) in [6, 6.07) is 12.7. The Labute approximate surface area is 183 Å². The summed E-state index contributed by atoms with van der Waals surface area (Å²) in [5, 5.41) is 0. The molecule has 1 aliphatic heterocycles. The Morgan fingerprint density at radius 2 is 1.87 bits per heavy atom. The molecule has 1 fully saturated rings. The van der Waals surface area contributed by atoms with Gasteiger partial charge in [0.05, 0.1) is 12.0 Å². The lowest BCUT2D eigenvalue weighted by atomic mass is 9.86. The van der Waals surface area contributed by atoms with Crippen LogP contribution in [-0.2, 0) is 11.3 Å². The molecule has 5 heteroatoms. The summed E-state index contributed by atoms with van der Waals surface area (Å²) in [6.07, 6.45) is 6.75. The Hall–Kier alpha value is -3.21. The minimum absolute atomic E-state index is 0.0579. The first-order chi connectivity index (χ1) is 14.8. The van der Waals surface area contributed by atoms with Crippen LogP contribution in [0.25, 0.3) is 11.8 Å². The molecule has 31 heavy (non-hydrogen) atoms. The van der Waals surface area contributed by atoms with Crippen LogP contribution in [0.5, 0.6) is 0 Å². The lowest BCUT2D eigenvalue weighted by Crippen LogP contribution is -2.45. The number of likely N-dealkylation sites (tertiary alicyclic amines) is 1. The number of piperidine rings is 1. The van der Waals surface area contributed by atoms with E-state index in [-0.39, 0.29) is 23.7 Å². The molecular formula is C26H28FN3O. The lowest BCUT2D eigenvalue weighted by Gasteiger charge is -2.38. The third-order valence-corrected chi connectivity index (χ3v) is 6.06. The van der Waals surface area contributed by atoms with Crippen LogP contribution < -0.4 is 0 Å². The second kappa shape index (κ2) is 8.50. The third-order valence-electron chi connectivity index (χ3n) is 6.06. The number of carbonyl (C=O) groups is 1. The number of benzene rings is 2. The molecule has 0 unspecified atom stereocenters. The molecule has 0 bridgehead atoms. The minimum Gasteiger partial charge on any atom is -0.332 e. The summed E-state index contributed by atoms with van der Waals surface area (Å²) in [4.78, 5) is 19.6. The van der Waals surface area contributed by atoms with Gasteiger partial charge in [0.1, 0.15) is 5.82 Å². The van der Waals surface area contributed by atoms with Crippen molar-refractivity contribution in [2.45, 2.75) is 46.7 Å². The minimum atomic E-state index is -0.263.